The Labute approximate surface area is 78.0 Å². The predicted octanol–water partition coefficient (Wildman–Crippen LogP) is 2.11. The smallest absolute Gasteiger partial charge is 0.181 e. The fourth-order valence-corrected chi connectivity index (χ4v) is 1.90. The van der Waals surface area contributed by atoms with Crippen LogP contribution in [0.25, 0.3) is 10.2 Å². The zero-order valence-electron chi connectivity index (χ0n) is 6.04. The molecule has 2 rings (SSSR count). The summed E-state index contributed by atoms with van der Waals surface area (Å²) in [6.07, 6.45) is 0. The molecule has 0 aliphatic carbocycles. The second-order valence-corrected chi connectivity index (χ2v) is 3.86. The van der Waals surface area contributed by atoms with Gasteiger partial charge in [-0.2, -0.15) is 0 Å². The molecule has 1 aromatic carbocycles. The van der Waals surface area contributed by atoms with E-state index in [4.69, 9.17) is 23.1 Å². The second-order valence-electron chi connectivity index (χ2n) is 2.39. The first-order valence-electron chi connectivity index (χ1n) is 3.28. The Kier molecular flexibility index (Phi) is 1.59. The van der Waals surface area contributed by atoms with Gasteiger partial charge in [0, 0.05) is 0 Å². The summed E-state index contributed by atoms with van der Waals surface area (Å²) >= 11 is 7.20. The lowest BCUT2D eigenvalue weighted by Crippen LogP contribution is -1.84. The average Bonchev–Trinajstić information content (AvgIpc) is 2.30. The quantitative estimate of drug-likeness (QED) is 0.639. The van der Waals surface area contributed by atoms with Crippen LogP contribution in [0.2, 0.25) is 5.02 Å². The van der Waals surface area contributed by atoms with Crippen LogP contribution in [0.1, 0.15) is 0 Å². The van der Waals surface area contributed by atoms with E-state index in [1.807, 2.05) is 0 Å². The van der Waals surface area contributed by atoms with E-state index in [0.29, 0.717) is 15.8 Å². The highest BCUT2D eigenvalue weighted by molar-refractivity contribution is 7.22. The van der Waals surface area contributed by atoms with Crippen molar-refractivity contribution in [3.63, 3.8) is 0 Å². The molecular weight excluding hydrogens is 194 g/mol. The summed E-state index contributed by atoms with van der Waals surface area (Å²) in [6, 6.07) is 3.50. The highest BCUT2D eigenvalue weighted by Gasteiger charge is 2.03. The number of nitrogens with zero attached hydrogens (tertiary/aromatic N) is 1. The number of thiazole rings is 1. The minimum Gasteiger partial charge on any atom is -0.397 e. The van der Waals surface area contributed by atoms with Gasteiger partial charge in [0.15, 0.2) is 5.13 Å². The molecule has 0 aliphatic heterocycles. The van der Waals surface area contributed by atoms with Gasteiger partial charge >= 0.3 is 0 Å². The molecule has 0 radical (unpaired) electrons. The number of nitrogen functional groups attached to an aromatic ring is 2. The van der Waals surface area contributed by atoms with Gasteiger partial charge in [-0.25, -0.2) is 4.98 Å². The van der Waals surface area contributed by atoms with Gasteiger partial charge in [0.2, 0.25) is 0 Å². The minimum atomic E-state index is 0.521. The maximum atomic E-state index is 5.80. The van der Waals surface area contributed by atoms with Crippen LogP contribution in [0, 0.1) is 0 Å². The SMILES string of the molecule is Nc1nc2cc(Cl)c(N)cc2s1. The molecule has 0 atom stereocenters. The zero-order chi connectivity index (χ0) is 8.72. The van der Waals surface area contributed by atoms with Crippen molar-refractivity contribution < 1.29 is 0 Å². The van der Waals surface area contributed by atoms with Gasteiger partial charge in [-0.05, 0) is 12.1 Å². The van der Waals surface area contributed by atoms with E-state index in [-0.39, 0.29) is 0 Å². The average molecular weight is 200 g/mol. The van der Waals surface area contributed by atoms with Crippen molar-refractivity contribution in [3.8, 4) is 0 Å². The Balaban J connectivity index is 2.83. The highest BCUT2D eigenvalue weighted by Crippen LogP contribution is 2.30. The lowest BCUT2D eigenvalue weighted by molar-refractivity contribution is 1.50. The van der Waals surface area contributed by atoms with Crippen LogP contribution in [0.4, 0.5) is 10.8 Å². The molecule has 1 heterocycles. The van der Waals surface area contributed by atoms with Gasteiger partial charge in [-0.1, -0.05) is 22.9 Å². The Morgan fingerprint density at radius 3 is 2.83 bits per heavy atom. The summed E-state index contributed by atoms with van der Waals surface area (Å²) in [5.41, 5.74) is 12.5. The molecule has 2 aromatic rings. The molecule has 0 saturated carbocycles. The van der Waals surface area contributed by atoms with Crippen LogP contribution in [-0.2, 0) is 0 Å². The van der Waals surface area contributed by atoms with Crippen LogP contribution in [0.15, 0.2) is 12.1 Å². The normalized spacial score (nSPS) is 10.8. The van der Waals surface area contributed by atoms with Crippen molar-refractivity contribution in [3.05, 3.63) is 17.2 Å². The largest absolute Gasteiger partial charge is 0.397 e. The maximum absolute atomic E-state index is 5.80. The van der Waals surface area contributed by atoms with E-state index < -0.39 is 0 Å². The van der Waals surface area contributed by atoms with Gasteiger partial charge in [-0.15, -0.1) is 0 Å². The molecular formula is C7H6ClN3S. The van der Waals surface area contributed by atoms with E-state index >= 15 is 0 Å². The van der Waals surface area contributed by atoms with E-state index in [9.17, 15) is 0 Å². The van der Waals surface area contributed by atoms with Crippen LogP contribution in [0.5, 0.6) is 0 Å². The number of rotatable bonds is 0. The predicted molar refractivity (Wildman–Crippen MR) is 53.5 cm³/mol. The number of benzene rings is 1. The van der Waals surface area contributed by atoms with Gasteiger partial charge in [-0.3, -0.25) is 0 Å². The molecule has 3 nitrogen and oxygen atoms in total. The molecule has 0 fully saturated rings. The van der Waals surface area contributed by atoms with Crippen LogP contribution in [-0.4, -0.2) is 4.98 Å². The molecule has 4 N–H and O–H groups in total. The molecule has 12 heavy (non-hydrogen) atoms. The topological polar surface area (TPSA) is 64.9 Å². The number of hydrogen-bond donors (Lipinski definition) is 2. The monoisotopic (exact) mass is 199 g/mol. The number of nitrogens with two attached hydrogens (primary N) is 2. The van der Waals surface area contributed by atoms with Crippen molar-refractivity contribution in [2.24, 2.45) is 0 Å². The summed E-state index contributed by atoms with van der Waals surface area (Å²) in [5, 5.41) is 1.06. The third-order valence-corrected chi connectivity index (χ3v) is 2.70. The van der Waals surface area contributed by atoms with Gasteiger partial charge in [0.25, 0.3) is 0 Å². The Morgan fingerprint density at radius 1 is 1.33 bits per heavy atom. The van der Waals surface area contributed by atoms with E-state index in [1.165, 1.54) is 11.3 Å². The minimum absolute atomic E-state index is 0.521. The molecule has 0 aliphatic rings. The zero-order valence-corrected chi connectivity index (χ0v) is 7.62. The lowest BCUT2D eigenvalue weighted by Gasteiger charge is -1.94. The first-order chi connectivity index (χ1) is 5.66. The highest BCUT2D eigenvalue weighted by atomic mass is 35.5. The first-order valence-corrected chi connectivity index (χ1v) is 4.47. The van der Waals surface area contributed by atoms with Crippen molar-refractivity contribution in [2.45, 2.75) is 0 Å². The molecule has 0 bridgehead atoms. The number of hydrogen-bond acceptors (Lipinski definition) is 4. The second kappa shape index (κ2) is 2.50. The van der Waals surface area contributed by atoms with Gasteiger partial charge in [0.05, 0.1) is 20.9 Å². The molecule has 1 aromatic heterocycles. The number of halogens is 1. The van der Waals surface area contributed by atoms with Crippen molar-refractivity contribution >= 4 is 44.0 Å². The fourth-order valence-electron chi connectivity index (χ4n) is 0.982. The standard InChI is InChI=1S/C7H6ClN3S/c8-3-1-5-6(2-4(3)9)12-7(10)11-5/h1-2H,9H2,(H2,10,11). The third kappa shape index (κ3) is 1.09. The number of aromatic nitrogens is 1. The van der Waals surface area contributed by atoms with E-state index in [0.717, 1.165) is 10.2 Å². The Bertz CT molecular complexity index is 398. The molecule has 5 heteroatoms. The third-order valence-electron chi connectivity index (χ3n) is 1.52. The van der Waals surface area contributed by atoms with E-state index in [1.54, 1.807) is 12.1 Å². The molecule has 0 spiro atoms. The summed E-state index contributed by atoms with van der Waals surface area (Å²) in [6.45, 7) is 0. The summed E-state index contributed by atoms with van der Waals surface area (Å²) < 4.78 is 0.967. The van der Waals surface area contributed by atoms with Crippen molar-refractivity contribution in [1.29, 1.82) is 0 Å². The van der Waals surface area contributed by atoms with Crippen LogP contribution in [0.3, 0.4) is 0 Å². The Morgan fingerprint density at radius 2 is 2.08 bits per heavy atom. The van der Waals surface area contributed by atoms with Crippen LogP contribution < -0.4 is 11.5 Å². The van der Waals surface area contributed by atoms with E-state index in [2.05, 4.69) is 4.98 Å². The lowest BCUT2D eigenvalue weighted by atomic mass is 10.3. The maximum Gasteiger partial charge on any atom is 0.181 e. The fraction of sp³-hybridized carbons (Fsp3) is 0. The molecule has 62 valence electrons. The summed E-state index contributed by atoms with van der Waals surface area (Å²) in [4.78, 5) is 4.07. The number of anilines is 2. The number of fused-ring (bicyclic) bond motifs is 1. The van der Waals surface area contributed by atoms with Gasteiger partial charge < -0.3 is 11.5 Å². The van der Waals surface area contributed by atoms with Gasteiger partial charge in [0.1, 0.15) is 0 Å². The summed E-state index contributed by atoms with van der Waals surface area (Å²) in [7, 11) is 0. The van der Waals surface area contributed by atoms with Crippen LogP contribution >= 0.6 is 22.9 Å². The Hall–Kier alpha value is -1.00. The van der Waals surface area contributed by atoms with Crippen molar-refractivity contribution in [2.75, 3.05) is 11.5 Å². The molecule has 0 saturated heterocycles. The molecule has 0 amide bonds. The van der Waals surface area contributed by atoms with Crippen molar-refractivity contribution in [1.82, 2.24) is 4.98 Å². The molecule has 0 unspecified atom stereocenters. The summed E-state index contributed by atoms with van der Waals surface area (Å²) in [5.74, 6) is 0. The first kappa shape index (κ1) is 7.64.